The first-order chi connectivity index (χ1) is 10.2. The first-order valence-corrected chi connectivity index (χ1v) is 7.37. The van der Waals surface area contributed by atoms with Crippen LogP contribution in [0.3, 0.4) is 0 Å². The summed E-state index contributed by atoms with van der Waals surface area (Å²) in [6, 6.07) is 18.6. The molecule has 2 atom stereocenters. The van der Waals surface area contributed by atoms with Crippen LogP contribution < -0.4 is 10.2 Å². The summed E-state index contributed by atoms with van der Waals surface area (Å²) in [7, 11) is 0. The van der Waals surface area contributed by atoms with Crippen LogP contribution in [0.2, 0.25) is 0 Å². The molecule has 0 unspecified atom stereocenters. The molecule has 1 heterocycles. The van der Waals surface area contributed by atoms with Crippen LogP contribution in [-0.4, -0.2) is 11.9 Å². The molecule has 1 aliphatic rings. The molecule has 2 aromatic rings. The van der Waals surface area contributed by atoms with E-state index in [1.54, 1.807) is 6.92 Å². The van der Waals surface area contributed by atoms with Crippen LogP contribution in [0.25, 0.3) is 0 Å². The molecule has 0 aromatic heterocycles. The fourth-order valence-electron chi connectivity index (χ4n) is 3.12. The Balaban J connectivity index is 2.06. The lowest BCUT2D eigenvalue weighted by atomic mass is 9.92. The van der Waals surface area contributed by atoms with E-state index in [1.165, 1.54) is 5.56 Å². The smallest absolute Gasteiger partial charge is 0.224 e. The largest absolute Gasteiger partial charge is 0.382 e. The van der Waals surface area contributed by atoms with E-state index >= 15 is 0 Å². The topological polar surface area (TPSA) is 32.3 Å². The third-order valence-corrected chi connectivity index (χ3v) is 3.98. The van der Waals surface area contributed by atoms with Crippen molar-refractivity contribution >= 4 is 17.3 Å². The molecular weight excluding hydrogens is 260 g/mol. The van der Waals surface area contributed by atoms with Crippen molar-refractivity contribution in [2.24, 2.45) is 0 Å². The Morgan fingerprint density at radius 2 is 1.76 bits per heavy atom. The SMILES string of the molecule is CC(=O)N(c1ccccc1)[C@H]1C[C@@H](C)Nc2ccccc21. The Hall–Kier alpha value is -2.29. The van der Waals surface area contributed by atoms with Gasteiger partial charge in [0, 0.05) is 24.3 Å². The molecule has 0 fully saturated rings. The molecule has 0 aliphatic carbocycles. The maximum absolute atomic E-state index is 12.3. The predicted octanol–water partition coefficient (Wildman–Crippen LogP) is 3.98. The first kappa shape index (κ1) is 13.7. The molecule has 0 saturated carbocycles. The number of nitrogens with zero attached hydrogens (tertiary/aromatic N) is 1. The number of carbonyl (C=O) groups excluding carboxylic acids is 1. The second kappa shape index (κ2) is 5.60. The Morgan fingerprint density at radius 1 is 1.10 bits per heavy atom. The van der Waals surface area contributed by atoms with Gasteiger partial charge in [0.2, 0.25) is 5.91 Å². The summed E-state index contributed by atoms with van der Waals surface area (Å²) in [5, 5.41) is 3.50. The van der Waals surface area contributed by atoms with Crippen LogP contribution in [0.1, 0.15) is 31.9 Å². The first-order valence-electron chi connectivity index (χ1n) is 7.37. The summed E-state index contributed by atoms with van der Waals surface area (Å²) >= 11 is 0. The van der Waals surface area contributed by atoms with Gasteiger partial charge in [0.1, 0.15) is 0 Å². The summed E-state index contributed by atoms with van der Waals surface area (Å²) < 4.78 is 0. The van der Waals surface area contributed by atoms with Gasteiger partial charge in [-0.15, -0.1) is 0 Å². The summed E-state index contributed by atoms with van der Waals surface area (Å²) in [6.07, 6.45) is 0.908. The Bertz CT molecular complexity index is 639. The van der Waals surface area contributed by atoms with Gasteiger partial charge in [0.15, 0.2) is 0 Å². The van der Waals surface area contributed by atoms with Gasteiger partial charge in [-0.1, -0.05) is 36.4 Å². The number of benzene rings is 2. The lowest BCUT2D eigenvalue weighted by Crippen LogP contribution is -2.39. The van der Waals surface area contributed by atoms with Crippen molar-refractivity contribution in [2.75, 3.05) is 10.2 Å². The van der Waals surface area contributed by atoms with E-state index < -0.39 is 0 Å². The number of carbonyl (C=O) groups is 1. The van der Waals surface area contributed by atoms with Gasteiger partial charge in [-0.25, -0.2) is 0 Å². The van der Waals surface area contributed by atoms with E-state index in [-0.39, 0.29) is 11.9 Å². The average molecular weight is 280 g/mol. The molecule has 3 rings (SSSR count). The Morgan fingerprint density at radius 3 is 2.48 bits per heavy atom. The maximum atomic E-state index is 12.3. The van der Waals surface area contributed by atoms with E-state index in [1.807, 2.05) is 47.4 Å². The number of para-hydroxylation sites is 2. The third-order valence-electron chi connectivity index (χ3n) is 3.98. The molecule has 1 aliphatic heterocycles. The van der Waals surface area contributed by atoms with Crippen LogP contribution in [0.5, 0.6) is 0 Å². The van der Waals surface area contributed by atoms with Gasteiger partial charge in [-0.3, -0.25) is 4.79 Å². The number of hydrogen-bond donors (Lipinski definition) is 1. The van der Waals surface area contributed by atoms with Crippen molar-refractivity contribution in [3.05, 3.63) is 60.2 Å². The predicted molar refractivity (Wildman–Crippen MR) is 86.5 cm³/mol. The number of rotatable bonds is 2. The van der Waals surface area contributed by atoms with Crippen molar-refractivity contribution in [2.45, 2.75) is 32.4 Å². The van der Waals surface area contributed by atoms with Crippen molar-refractivity contribution < 1.29 is 4.79 Å². The number of nitrogens with one attached hydrogen (secondary N) is 1. The molecule has 3 nitrogen and oxygen atoms in total. The maximum Gasteiger partial charge on any atom is 0.224 e. The van der Waals surface area contributed by atoms with Crippen molar-refractivity contribution in [3.63, 3.8) is 0 Å². The van der Waals surface area contributed by atoms with E-state index in [0.29, 0.717) is 6.04 Å². The van der Waals surface area contributed by atoms with Crippen LogP contribution in [0.15, 0.2) is 54.6 Å². The number of fused-ring (bicyclic) bond motifs is 1. The normalized spacial score (nSPS) is 20.3. The highest BCUT2D eigenvalue weighted by Crippen LogP contribution is 2.38. The van der Waals surface area contributed by atoms with Crippen LogP contribution in [-0.2, 0) is 4.79 Å². The van der Waals surface area contributed by atoms with E-state index in [9.17, 15) is 4.79 Å². The number of anilines is 2. The Kier molecular flexibility index (Phi) is 3.65. The van der Waals surface area contributed by atoms with E-state index in [2.05, 4.69) is 24.4 Å². The Labute approximate surface area is 125 Å². The molecule has 0 saturated heterocycles. The lowest BCUT2D eigenvalue weighted by Gasteiger charge is -2.38. The summed E-state index contributed by atoms with van der Waals surface area (Å²) in [4.78, 5) is 14.2. The number of amides is 1. The zero-order valence-electron chi connectivity index (χ0n) is 12.4. The van der Waals surface area contributed by atoms with Gasteiger partial charge in [-0.05, 0) is 37.1 Å². The molecule has 2 aromatic carbocycles. The molecule has 108 valence electrons. The van der Waals surface area contributed by atoms with Crippen molar-refractivity contribution in [3.8, 4) is 0 Å². The molecule has 21 heavy (non-hydrogen) atoms. The highest BCUT2D eigenvalue weighted by molar-refractivity contribution is 5.92. The third kappa shape index (κ3) is 2.64. The van der Waals surface area contributed by atoms with Crippen molar-refractivity contribution in [1.82, 2.24) is 0 Å². The second-order valence-electron chi connectivity index (χ2n) is 5.61. The van der Waals surface area contributed by atoms with Gasteiger partial charge in [0.05, 0.1) is 6.04 Å². The standard InChI is InChI=1S/C18H20N2O/c1-13-12-18(16-10-6-7-11-17(16)19-13)20(14(2)21)15-8-4-3-5-9-15/h3-11,13,18-19H,12H2,1-2H3/t13-,18+/m1/s1. The second-order valence-corrected chi connectivity index (χ2v) is 5.61. The van der Waals surface area contributed by atoms with E-state index in [4.69, 9.17) is 0 Å². The van der Waals surface area contributed by atoms with Crippen LogP contribution in [0.4, 0.5) is 11.4 Å². The van der Waals surface area contributed by atoms with E-state index in [0.717, 1.165) is 17.8 Å². The van der Waals surface area contributed by atoms with Gasteiger partial charge in [0.25, 0.3) is 0 Å². The highest BCUT2D eigenvalue weighted by Gasteiger charge is 2.31. The lowest BCUT2D eigenvalue weighted by molar-refractivity contribution is -0.117. The molecule has 1 amide bonds. The average Bonchev–Trinajstić information content (AvgIpc) is 2.48. The number of hydrogen-bond acceptors (Lipinski definition) is 2. The molecule has 0 spiro atoms. The fraction of sp³-hybridized carbons (Fsp3) is 0.278. The quantitative estimate of drug-likeness (QED) is 0.902. The van der Waals surface area contributed by atoms with Gasteiger partial charge < -0.3 is 10.2 Å². The highest BCUT2D eigenvalue weighted by atomic mass is 16.2. The van der Waals surface area contributed by atoms with Gasteiger partial charge >= 0.3 is 0 Å². The minimum Gasteiger partial charge on any atom is -0.382 e. The summed E-state index contributed by atoms with van der Waals surface area (Å²) in [5.41, 5.74) is 3.27. The van der Waals surface area contributed by atoms with Crippen LogP contribution in [0, 0.1) is 0 Å². The molecule has 0 radical (unpaired) electrons. The minimum atomic E-state index is 0.0788. The fourth-order valence-corrected chi connectivity index (χ4v) is 3.12. The summed E-state index contributed by atoms with van der Waals surface area (Å²) in [5.74, 6) is 0.0788. The minimum absolute atomic E-state index is 0.0788. The van der Waals surface area contributed by atoms with Crippen molar-refractivity contribution in [1.29, 1.82) is 0 Å². The molecule has 1 N–H and O–H groups in total. The molecular formula is C18H20N2O. The van der Waals surface area contributed by atoms with Gasteiger partial charge in [-0.2, -0.15) is 0 Å². The summed E-state index contributed by atoms with van der Waals surface area (Å²) in [6.45, 7) is 3.80. The molecule has 0 bridgehead atoms. The zero-order valence-corrected chi connectivity index (χ0v) is 12.4. The van der Waals surface area contributed by atoms with Crippen LogP contribution >= 0.6 is 0 Å². The molecule has 3 heteroatoms. The monoisotopic (exact) mass is 280 g/mol. The zero-order chi connectivity index (χ0) is 14.8.